The minimum Gasteiger partial charge on any atom is -0.364 e. The summed E-state index contributed by atoms with van der Waals surface area (Å²) in [6, 6.07) is 6.59. The Labute approximate surface area is 178 Å². The number of carbonyl (C=O) groups excluding carboxylic acids is 1. The highest BCUT2D eigenvalue weighted by Crippen LogP contribution is 2.38. The summed E-state index contributed by atoms with van der Waals surface area (Å²) in [5, 5.41) is 7.86. The number of amides is 1. The van der Waals surface area contributed by atoms with Crippen molar-refractivity contribution >= 4 is 5.91 Å². The Balaban J connectivity index is 1.80. The van der Waals surface area contributed by atoms with Gasteiger partial charge in [-0.05, 0) is 36.8 Å². The molecule has 0 saturated heterocycles. The van der Waals surface area contributed by atoms with Crippen LogP contribution in [0, 0.1) is 5.82 Å². The second-order valence-corrected chi connectivity index (χ2v) is 6.93. The molecule has 1 amide bonds. The molecule has 1 aromatic carbocycles. The monoisotopic (exact) mass is 445 g/mol. The molecule has 0 bridgehead atoms. The fraction of sp³-hybridized carbons (Fsp3) is 0.143. The molecule has 32 heavy (non-hydrogen) atoms. The van der Waals surface area contributed by atoms with E-state index in [0.29, 0.717) is 17.3 Å². The lowest BCUT2D eigenvalue weighted by Crippen LogP contribution is -2.16. The first-order valence-electron chi connectivity index (χ1n) is 9.29. The van der Waals surface area contributed by atoms with Crippen molar-refractivity contribution in [3.63, 3.8) is 0 Å². The Morgan fingerprint density at radius 1 is 1.22 bits per heavy atom. The minimum absolute atomic E-state index is 0.157. The Hall–Kier alpha value is -4.02. The third-order valence-corrected chi connectivity index (χ3v) is 4.88. The van der Waals surface area contributed by atoms with E-state index >= 15 is 0 Å². The molecular formula is C21H15F4N5O2. The van der Waals surface area contributed by atoms with E-state index in [0.717, 1.165) is 12.1 Å². The van der Waals surface area contributed by atoms with Gasteiger partial charge in [-0.25, -0.2) is 4.39 Å². The van der Waals surface area contributed by atoms with Crippen molar-refractivity contribution in [2.24, 2.45) is 5.73 Å². The number of nitrogens with zero attached hydrogens (tertiary/aromatic N) is 4. The number of alkyl halides is 3. The first-order valence-corrected chi connectivity index (χ1v) is 9.29. The van der Waals surface area contributed by atoms with Gasteiger partial charge in [0.15, 0.2) is 11.5 Å². The average Bonchev–Trinajstić information content (AvgIpc) is 3.40. The highest BCUT2D eigenvalue weighted by Gasteiger charge is 2.35. The van der Waals surface area contributed by atoms with Crippen LogP contribution < -0.4 is 5.73 Å². The predicted molar refractivity (Wildman–Crippen MR) is 105 cm³/mol. The first-order chi connectivity index (χ1) is 15.2. The summed E-state index contributed by atoms with van der Waals surface area (Å²) in [6.07, 6.45) is -0.454. The van der Waals surface area contributed by atoms with Crippen molar-refractivity contribution in [3.05, 3.63) is 77.6 Å². The van der Waals surface area contributed by atoms with E-state index in [1.54, 1.807) is 18.2 Å². The lowest BCUT2D eigenvalue weighted by molar-refractivity contribution is -0.138. The van der Waals surface area contributed by atoms with Gasteiger partial charge in [-0.1, -0.05) is 17.3 Å². The molecule has 2 N–H and O–H groups in total. The van der Waals surface area contributed by atoms with Gasteiger partial charge in [-0.3, -0.25) is 14.5 Å². The Bertz CT molecular complexity index is 1280. The Morgan fingerprint density at radius 3 is 2.66 bits per heavy atom. The zero-order chi connectivity index (χ0) is 23.0. The molecule has 0 radical (unpaired) electrons. The zero-order valence-corrected chi connectivity index (χ0v) is 16.5. The van der Waals surface area contributed by atoms with Crippen molar-refractivity contribution in [1.29, 1.82) is 0 Å². The largest absolute Gasteiger partial charge is 0.416 e. The maximum Gasteiger partial charge on any atom is 0.416 e. The second-order valence-electron chi connectivity index (χ2n) is 6.93. The summed E-state index contributed by atoms with van der Waals surface area (Å²) in [4.78, 5) is 16.1. The lowest BCUT2D eigenvalue weighted by Gasteiger charge is -2.19. The van der Waals surface area contributed by atoms with Gasteiger partial charge in [0.05, 0.1) is 23.4 Å². The molecule has 1 unspecified atom stereocenters. The van der Waals surface area contributed by atoms with Crippen LogP contribution in [0.4, 0.5) is 17.6 Å². The maximum absolute atomic E-state index is 13.5. The standard InChI is InChI=1S/C21H15F4N5O2/c1-11(14-6-5-13(22)8-15(14)21(23,24)25)30-10-12(9-28-30)17-18(20(26)31)29-32-19(17)16-4-2-3-7-27-16/h2-11H,1H3,(H2,26,31). The number of carbonyl (C=O) groups is 1. The summed E-state index contributed by atoms with van der Waals surface area (Å²) in [7, 11) is 0. The van der Waals surface area contributed by atoms with Crippen LogP contribution in [0.15, 0.2) is 59.5 Å². The van der Waals surface area contributed by atoms with E-state index in [1.807, 2.05) is 0 Å². The molecular weight excluding hydrogens is 430 g/mol. The number of primary amides is 1. The number of hydrogen-bond donors (Lipinski definition) is 1. The van der Waals surface area contributed by atoms with Crippen LogP contribution in [0.3, 0.4) is 0 Å². The maximum atomic E-state index is 13.5. The summed E-state index contributed by atoms with van der Waals surface area (Å²) in [6.45, 7) is 1.49. The van der Waals surface area contributed by atoms with Gasteiger partial charge in [0.1, 0.15) is 11.5 Å². The predicted octanol–water partition coefficient (Wildman–Crippen LogP) is 4.47. The van der Waals surface area contributed by atoms with E-state index in [2.05, 4.69) is 15.2 Å². The lowest BCUT2D eigenvalue weighted by atomic mass is 10.0. The summed E-state index contributed by atoms with van der Waals surface area (Å²) in [5.74, 6) is -1.70. The van der Waals surface area contributed by atoms with E-state index < -0.39 is 29.5 Å². The topological polar surface area (TPSA) is 99.8 Å². The SMILES string of the molecule is CC(c1ccc(F)cc1C(F)(F)F)n1cc(-c2c(C(N)=O)noc2-c2ccccn2)cn1. The van der Waals surface area contributed by atoms with Gasteiger partial charge in [-0.2, -0.15) is 18.3 Å². The molecule has 3 aromatic heterocycles. The quantitative estimate of drug-likeness (QED) is 0.457. The fourth-order valence-electron chi connectivity index (χ4n) is 3.36. The molecule has 164 valence electrons. The highest BCUT2D eigenvalue weighted by molar-refractivity contribution is 6.00. The van der Waals surface area contributed by atoms with Crippen LogP contribution in [0.25, 0.3) is 22.6 Å². The molecule has 0 fully saturated rings. The zero-order valence-electron chi connectivity index (χ0n) is 16.5. The van der Waals surface area contributed by atoms with Crippen molar-refractivity contribution < 1.29 is 26.9 Å². The van der Waals surface area contributed by atoms with Crippen LogP contribution in [0.2, 0.25) is 0 Å². The molecule has 0 aliphatic heterocycles. The van der Waals surface area contributed by atoms with E-state index in [-0.39, 0.29) is 22.6 Å². The molecule has 7 nitrogen and oxygen atoms in total. The van der Waals surface area contributed by atoms with Crippen LogP contribution >= 0.6 is 0 Å². The average molecular weight is 445 g/mol. The minimum atomic E-state index is -4.75. The fourth-order valence-corrected chi connectivity index (χ4v) is 3.36. The molecule has 4 rings (SSSR count). The van der Waals surface area contributed by atoms with Crippen LogP contribution in [0.1, 0.15) is 34.6 Å². The third-order valence-electron chi connectivity index (χ3n) is 4.88. The van der Waals surface area contributed by atoms with Crippen LogP contribution in [-0.4, -0.2) is 25.8 Å². The number of halogens is 4. The van der Waals surface area contributed by atoms with Crippen LogP contribution in [-0.2, 0) is 6.18 Å². The molecule has 4 aromatic rings. The third kappa shape index (κ3) is 3.84. The normalized spacial score (nSPS) is 12.7. The van der Waals surface area contributed by atoms with E-state index in [1.165, 1.54) is 30.2 Å². The number of hydrogen-bond acceptors (Lipinski definition) is 5. The Kier molecular flexibility index (Phi) is 5.25. The summed E-state index contributed by atoms with van der Waals surface area (Å²) >= 11 is 0. The van der Waals surface area contributed by atoms with Crippen molar-refractivity contribution in [2.75, 3.05) is 0 Å². The highest BCUT2D eigenvalue weighted by atomic mass is 19.4. The smallest absolute Gasteiger partial charge is 0.364 e. The van der Waals surface area contributed by atoms with E-state index in [9.17, 15) is 22.4 Å². The molecule has 0 aliphatic rings. The first kappa shape index (κ1) is 21.2. The number of nitrogens with two attached hydrogens (primary N) is 1. The van der Waals surface area contributed by atoms with Crippen LogP contribution in [0.5, 0.6) is 0 Å². The van der Waals surface area contributed by atoms with Gasteiger partial charge in [0, 0.05) is 18.0 Å². The molecule has 11 heteroatoms. The van der Waals surface area contributed by atoms with Gasteiger partial charge in [0.25, 0.3) is 5.91 Å². The van der Waals surface area contributed by atoms with Gasteiger partial charge < -0.3 is 10.3 Å². The van der Waals surface area contributed by atoms with Crippen molar-refractivity contribution in [3.8, 4) is 22.6 Å². The Morgan fingerprint density at radius 2 is 2.00 bits per heavy atom. The number of rotatable bonds is 5. The summed E-state index contributed by atoms with van der Waals surface area (Å²) in [5.41, 5.74) is 4.90. The van der Waals surface area contributed by atoms with Crippen molar-refractivity contribution in [2.45, 2.75) is 19.1 Å². The van der Waals surface area contributed by atoms with Gasteiger partial charge >= 0.3 is 6.18 Å². The van der Waals surface area contributed by atoms with Gasteiger partial charge in [0.2, 0.25) is 0 Å². The van der Waals surface area contributed by atoms with E-state index in [4.69, 9.17) is 10.3 Å². The number of pyridine rings is 1. The number of aromatic nitrogens is 4. The second kappa shape index (κ2) is 7.91. The molecule has 1 atom stereocenters. The molecule has 3 heterocycles. The van der Waals surface area contributed by atoms with Crippen molar-refractivity contribution in [1.82, 2.24) is 19.9 Å². The van der Waals surface area contributed by atoms with Gasteiger partial charge in [-0.15, -0.1) is 0 Å². The number of benzene rings is 1. The molecule has 0 spiro atoms. The molecule has 0 saturated carbocycles. The summed E-state index contributed by atoms with van der Waals surface area (Å²) < 4.78 is 60.3. The molecule has 0 aliphatic carbocycles.